The van der Waals surface area contributed by atoms with Crippen molar-refractivity contribution in [3.05, 3.63) is 0 Å². The van der Waals surface area contributed by atoms with Gasteiger partial charge in [0.25, 0.3) is 0 Å². The van der Waals surface area contributed by atoms with Gasteiger partial charge in [-0.05, 0) is 57.3 Å². The summed E-state index contributed by atoms with van der Waals surface area (Å²) in [6.07, 6.45) is 7.73. The van der Waals surface area contributed by atoms with E-state index in [9.17, 15) is 9.90 Å². The van der Waals surface area contributed by atoms with Crippen molar-refractivity contribution in [3.8, 4) is 0 Å². The standard InChI is InChI=1S/C15H25NO2/c1-10(17)7-13-3-2-6-16(13)15(18)14-9-11-4-5-12(14)8-11/h10-14,17H,2-9H2,1H3. The second-order valence-electron chi connectivity index (χ2n) is 6.69. The summed E-state index contributed by atoms with van der Waals surface area (Å²) >= 11 is 0. The second kappa shape index (κ2) is 4.84. The monoisotopic (exact) mass is 251 g/mol. The van der Waals surface area contributed by atoms with E-state index in [0.29, 0.717) is 23.8 Å². The topological polar surface area (TPSA) is 40.5 Å². The molecule has 2 bridgehead atoms. The molecule has 3 nitrogen and oxygen atoms in total. The van der Waals surface area contributed by atoms with E-state index in [1.54, 1.807) is 0 Å². The number of hydrogen-bond acceptors (Lipinski definition) is 2. The summed E-state index contributed by atoms with van der Waals surface area (Å²) in [6, 6.07) is 0.302. The molecule has 3 rings (SSSR count). The van der Waals surface area contributed by atoms with Crippen LogP contribution in [-0.4, -0.2) is 34.6 Å². The first-order chi connectivity index (χ1) is 8.65. The maximum absolute atomic E-state index is 12.7. The maximum Gasteiger partial charge on any atom is 0.226 e. The third-order valence-corrected chi connectivity index (χ3v) is 5.33. The number of aliphatic hydroxyl groups is 1. The van der Waals surface area contributed by atoms with Crippen molar-refractivity contribution < 1.29 is 9.90 Å². The minimum Gasteiger partial charge on any atom is -0.393 e. The summed E-state index contributed by atoms with van der Waals surface area (Å²) in [5.41, 5.74) is 0. The highest BCUT2D eigenvalue weighted by atomic mass is 16.3. The molecule has 3 aliphatic rings. The molecule has 18 heavy (non-hydrogen) atoms. The first kappa shape index (κ1) is 12.5. The molecule has 1 heterocycles. The van der Waals surface area contributed by atoms with Gasteiger partial charge in [0.2, 0.25) is 5.91 Å². The summed E-state index contributed by atoms with van der Waals surface area (Å²) in [5.74, 6) is 2.24. The van der Waals surface area contributed by atoms with Gasteiger partial charge in [-0.15, -0.1) is 0 Å². The highest BCUT2D eigenvalue weighted by Gasteiger charge is 2.45. The number of nitrogens with zero attached hydrogens (tertiary/aromatic N) is 1. The van der Waals surface area contributed by atoms with Gasteiger partial charge in [-0.1, -0.05) is 6.42 Å². The van der Waals surface area contributed by atoms with Crippen LogP contribution in [0.25, 0.3) is 0 Å². The lowest BCUT2D eigenvalue weighted by Crippen LogP contribution is -2.42. The Morgan fingerprint density at radius 3 is 2.78 bits per heavy atom. The first-order valence-corrected chi connectivity index (χ1v) is 7.63. The Labute approximate surface area is 110 Å². The molecule has 0 spiro atoms. The Balaban J connectivity index is 1.64. The summed E-state index contributed by atoms with van der Waals surface area (Å²) < 4.78 is 0. The molecule has 102 valence electrons. The molecule has 1 aliphatic heterocycles. The number of carbonyl (C=O) groups is 1. The van der Waals surface area contributed by atoms with E-state index in [0.717, 1.165) is 38.1 Å². The zero-order chi connectivity index (χ0) is 12.7. The zero-order valence-corrected chi connectivity index (χ0v) is 11.3. The van der Waals surface area contributed by atoms with Crippen molar-refractivity contribution in [2.24, 2.45) is 17.8 Å². The van der Waals surface area contributed by atoms with Gasteiger partial charge in [-0.3, -0.25) is 4.79 Å². The molecule has 1 saturated heterocycles. The fourth-order valence-electron chi connectivity index (χ4n) is 4.52. The van der Waals surface area contributed by atoms with E-state index in [1.165, 1.54) is 19.3 Å². The highest BCUT2D eigenvalue weighted by molar-refractivity contribution is 5.80. The molecule has 0 aromatic rings. The van der Waals surface area contributed by atoms with Crippen LogP contribution in [0.3, 0.4) is 0 Å². The minimum absolute atomic E-state index is 0.288. The molecule has 1 N–H and O–H groups in total. The summed E-state index contributed by atoms with van der Waals surface area (Å²) in [4.78, 5) is 14.8. The number of rotatable bonds is 3. The van der Waals surface area contributed by atoms with Gasteiger partial charge in [0.1, 0.15) is 0 Å². The molecule has 0 aromatic heterocycles. The lowest BCUT2D eigenvalue weighted by atomic mass is 9.87. The van der Waals surface area contributed by atoms with Crippen LogP contribution < -0.4 is 0 Å². The predicted octanol–water partition coefficient (Wildman–Crippen LogP) is 2.18. The Hall–Kier alpha value is -0.570. The fraction of sp³-hybridized carbons (Fsp3) is 0.933. The molecule has 5 atom stereocenters. The number of amides is 1. The van der Waals surface area contributed by atoms with Crippen molar-refractivity contribution in [3.63, 3.8) is 0 Å². The number of likely N-dealkylation sites (tertiary alicyclic amines) is 1. The average molecular weight is 251 g/mol. The Morgan fingerprint density at radius 1 is 1.33 bits per heavy atom. The van der Waals surface area contributed by atoms with Crippen molar-refractivity contribution in [1.29, 1.82) is 0 Å². The Bertz CT molecular complexity index is 328. The van der Waals surface area contributed by atoms with Crippen LogP contribution in [0, 0.1) is 17.8 Å². The van der Waals surface area contributed by atoms with Gasteiger partial charge in [0.15, 0.2) is 0 Å². The molecule has 3 fully saturated rings. The quantitative estimate of drug-likeness (QED) is 0.835. The second-order valence-corrected chi connectivity index (χ2v) is 6.69. The fourth-order valence-corrected chi connectivity index (χ4v) is 4.52. The van der Waals surface area contributed by atoms with E-state index >= 15 is 0 Å². The Morgan fingerprint density at radius 2 is 2.17 bits per heavy atom. The van der Waals surface area contributed by atoms with E-state index < -0.39 is 0 Å². The molecule has 3 heteroatoms. The average Bonchev–Trinajstić information content (AvgIpc) is 3.01. The highest BCUT2D eigenvalue weighted by Crippen LogP contribution is 2.49. The summed E-state index contributed by atoms with van der Waals surface area (Å²) in [6.45, 7) is 2.75. The van der Waals surface area contributed by atoms with E-state index in [4.69, 9.17) is 0 Å². The van der Waals surface area contributed by atoms with Gasteiger partial charge in [0, 0.05) is 18.5 Å². The van der Waals surface area contributed by atoms with Crippen LogP contribution in [0.4, 0.5) is 0 Å². The first-order valence-electron chi connectivity index (χ1n) is 7.63. The molecule has 2 saturated carbocycles. The van der Waals surface area contributed by atoms with Gasteiger partial charge >= 0.3 is 0 Å². The van der Waals surface area contributed by atoms with Gasteiger partial charge in [-0.25, -0.2) is 0 Å². The molecular formula is C15H25NO2. The van der Waals surface area contributed by atoms with Gasteiger partial charge in [0.05, 0.1) is 6.10 Å². The third-order valence-electron chi connectivity index (χ3n) is 5.33. The summed E-state index contributed by atoms with van der Waals surface area (Å²) in [5, 5.41) is 9.54. The molecular weight excluding hydrogens is 226 g/mol. The third kappa shape index (κ3) is 2.18. The SMILES string of the molecule is CC(O)CC1CCCN1C(=O)C1CC2CCC1C2. The smallest absolute Gasteiger partial charge is 0.226 e. The van der Waals surface area contributed by atoms with Crippen molar-refractivity contribution in [2.75, 3.05) is 6.54 Å². The molecule has 0 aromatic carbocycles. The number of fused-ring (bicyclic) bond motifs is 2. The molecule has 1 amide bonds. The lowest BCUT2D eigenvalue weighted by Gasteiger charge is -2.31. The van der Waals surface area contributed by atoms with E-state index in [-0.39, 0.29) is 6.10 Å². The van der Waals surface area contributed by atoms with Crippen LogP contribution >= 0.6 is 0 Å². The van der Waals surface area contributed by atoms with Crippen molar-refractivity contribution >= 4 is 5.91 Å². The zero-order valence-electron chi connectivity index (χ0n) is 11.3. The van der Waals surface area contributed by atoms with Crippen LogP contribution in [0.15, 0.2) is 0 Å². The summed E-state index contributed by atoms with van der Waals surface area (Å²) in [7, 11) is 0. The normalized spacial score (nSPS) is 40.4. The van der Waals surface area contributed by atoms with Crippen LogP contribution in [0.1, 0.15) is 51.9 Å². The van der Waals surface area contributed by atoms with E-state index in [2.05, 4.69) is 4.90 Å². The molecule has 0 radical (unpaired) electrons. The number of hydrogen-bond donors (Lipinski definition) is 1. The predicted molar refractivity (Wildman–Crippen MR) is 70.0 cm³/mol. The lowest BCUT2D eigenvalue weighted by molar-refractivity contribution is -0.138. The van der Waals surface area contributed by atoms with Gasteiger partial charge < -0.3 is 10.0 Å². The van der Waals surface area contributed by atoms with E-state index in [1.807, 2.05) is 6.92 Å². The molecule has 5 unspecified atom stereocenters. The number of aliphatic hydroxyl groups excluding tert-OH is 1. The van der Waals surface area contributed by atoms with Gasteiger partial charge in [-0.2, -0.15) is 0 Å². The molecule has 2 aliphatic carbocycles. The maximum atomic E-state index is 12.7. The van der Waals surface area contributed by atoms with Crippen molar-refractivity contribution in [1.82, 2.24) is 4.90 Å². The van der Waals surface area contributed by atoms with Crippen LogP contribution in [-0.2, 0) is 4.79 Å². The van der Waals surface area contributed by atoms with Crippen LogP contribution in [0.2, 0.25) is 0 Å². The Kier molecular flexibility index (Phi) is 3.35. The number of carbonyl (C=O) groups excluding carboxylic acids is 1. The van der Waals surface area contributed by atoms with Crippen molar-refractivity contribution in [2.45, 2.75) is 64.0 Å². The largest absolute Gasteiger partial charge is 0.393 e. The minimum atomic E-state index is -0.288. The van der Waals surface area contributed by atoms with Crippen LogP contribution in [0.5, 0.6) is 0 Å².